The maximum atomic E-state index is 12.0. The molecular formula is C11H14N4O5. The Morgan fingerprint density at radius 3 is 2.90 bits per heavy atom. The van der Waals surface area contributed by atoms with Crippen molar-refractivity contribution in [1.82, 2.24) is 14.5 Å². The summed E-state index contributed by atoms with van der Waals surface area (Å²) in [4.78, 5) is 37.7. The first-order valence-electron chi connectivity index (χ1n) is 6.17. The number of carbonyl (C=O) groups excluding carboxylic acids is 1. The van der Waals surface area contributed by atoms with Crippen molar-refractivity contribution >= 4 is 17.7 Å². The molecule has 1 aliphatic heterocycles. The van der Waals surface area contributed by atoms with Crippen LogP contribution in [0.25, 0.3) is 0 Å². The molecule has 0 saturated carbocycles. The van der Waals surface area contributed by atoms with Gasteiger partial charge in [0.2, 0.25) is 12.2 Å². The van der Waals surface area contributed by atoms with E-state index in [4.69, 9.17) is 5.11 Å². The molecule has 9 heteroatoms. The molecule has 0 unspecified atom stereocenters. The summed E-state index contributed by atoms with van der Waals surface area (Å²) >= 11 is 0. The molecule has 1 aromatic rings. The van der Waals surface area contributed by atoms with E-state index >= 15 is 0 Å². The van der Waals surface area contributed by atoms with Gasteiger partial charge in [0.15, 0.2) is 0 Å². The highest BCUT2D eigenvalue weighted by Gasteiger charge is 2.33. The molecule has 1 saturated heterocycles. The summed E-state index contributed by atoms with van der Waals surface area (Å²) in [7, 11) is 0. The lowest BCUT2D eigenvalue weighted by molar-refractivity contribution is -0.389. The van der Waals surface area contributed by atoms with E-state index in [-0.39, 0.29) is 24.7 Å². The van der Waals surface area contributed by atoms with Crippen LogP contribution in [0.3, 0.4) is 0 Å². The quantitative estimate of drug-likeness (QED) is 0.611. The molecule has 1 N–H and O–H groups in total. The van der Waals surface area contributed by atoms with E-state index in [9.17, 15) is 19.7 Å². The molecule has 1 fully saturated rings. The van der Waals surface area contributed by atoms with Crippen molar-refractivity contribution in [2.24, 2.45) is 0 Å². The number of aryl methyl sites for hydroxylation is 1. The number of carboxylic acids is 1. The number of carboxylic acid groups (broad SMARTS) is 1. The second-order valence-corrected chi connectivity index (χ2v) is 4.56. The van der Waals surface area contributed by atoms with Gasteiger partial charge in [-0.25, -0.2) is 4.79 Å². The molecule has 108 valence electrons. The highest BCUT2D eigenvalue weighted by Crippen LogP contribution is 2.18. The number of aromatic nitrogens is 2. The molecule has 0 spiro atoms. The van der Waals surface area contributed by atoms with Crippen molar-refractivity contribution in [1.29, 1.82) is 0 Å². The van der Waals surface area contributed by atoms with Crippen LogP contribution < -0.4 is 0 Å². The summed E-state index contributed by atoms with van der Waals surface area (Å²) in [5.74, 6) is -1.53. The van der Waals surface area contributed by atoms with Crippen LogP contribution in [0.2, 0.25) is 0 Å². The SMILES string of the molecule is O=C(O)[C@@H]1CCCN1C(=O)CCn1cnc([N+](=O)[O-])c1. The molecule has 1 aliphatic rings. The number of rotatable bonds is 5. The molecule has 20 heavy (non-hydrogen) atoms. The maximum absolute atomic E-state index is 12.0. The zero-order valence-electron chi connectivity index (χ0n) is 10.6. The van der Waals surface area contributed by atoms with Gasteiger partial charge in [0.05, 0.1) is 0 Å². The van der Waals surface area contributed by atoms with Gasteiger partial charge in [0, 0.05) is 19.5 Å². The first-order chi connectivity index (χ1) is 9.49. The largest absolute Gasteiger partial charge is 0.480 e. The number of likely N-dealkylation sites (tertiary alicyclic amines) is 1. The predicted octanol–water partition coefficient (Wildman–Crippen LogP) is 0.257. The third kappa shape index (κ3) is 2.92. The highest BCUT2D eigenvalue weighted by atomic mass is 16.6. The summed E-state index contributed by atoms with van der Waals surface area (Å²) in [6.45, 7) is 0.683. The van der Waals surface area contributed by atoms with E-state index in [0.717, 1.165) is 0 Å². The van der Waals surface area contributed by atoms with Crippen LogP contribution in [0, 0.1) is 10.1 Å². The Kier molecular flexibility index (Phi) is 3.97. The third-order valence-corrected chi connectivity index (χ3v) is 3.25. The number of nitrogens with zero attached hydrogens (tertiary/aromatic N) is 4. The van der Waals surface area contributed by atoms with Gasteiger partial charge < -0.3 is 24.7 Å². The van der Waals surface area contributed by atoms with Gasteiger partial charge in [-0.15, -0.1) is 0 Å². The monoisotopic (exact) mass is 282 g/mol. The first kappa shape index (κ1) is 14.0. The third-order valence-electron chi connectivity index (χ3n) is 3.25. The number of nitro groups is 1. The summed E-state index contributed by atoms with van der Waals surface area (Å²) in [5.41, 5.74) is 0. The average molecular weight is 282 g/mol. The van der Waals surface area contributed by atoms with Crippen LogP contribution in [0.15, 0.2) is 12.5 Å². The number of carbonyl (C=O) groups is 2. The number of imidazole rings is 1. The molecular weight excluding hydrogens is 268 g/mol. The Balaban J connectivity index is 1.91. The van der Waals surface area contributed by atoms with Gasteiger partial charge in [-0.05, 0) is 22.7 Å². The number of aliphatic carboxylic acids is 1. The lowest BCUT2D eigenvalue weighted by Crippen LogP contribution is -2.40. The fraction of sp³-hybridized carbons (Fsp3) is 0.545. The summed E-state index contributed by atoms with van der Waals surface area (Å²) < 4.78 is 1.45. The zero-order chi connectivity index (χ0) is 14.7. The first-order valence-corrected chi connectivity index (χ1v) is 6.17. The molecule has 2 rings (SSSR count). The van der Waals surface area contributed by atoms with Crippen molar-refractivity contribution < 1.29 is 19.6 Å². The zero-order valence-corrected chi connectivity index (χ0v) is 10.6. The van der Waals surface area contributed by atoms with Crippen molar-refractivity contribution in [3.05, 3.63) is 22.6 Å². The molecule has 2 heterocycles. The number of hydrogen-bond donors (Lipinski definition) is 1. The Morgan fingerprint density at radius 1 is 1.55 bits per heavy atom. The van der Waals surface area contributed by atoms with Crippen LogP contribution in [0.4, 0.5) is 5.82 Å². The summed E-state index contributed by atoms with van der Waals surface area (Å²) in [6, 6.07) is -0.750. The minimum atomic E-state index is -0.992. The average Bonchev–Trinajstić information content (AvgIpc) is 3.04. The van der Waals surface area contributed by atoms with Gasteiger partial charge in [-0.3, -0.25) is 4.79 Å². The minimum absolute atomic E-state index is 0.0945. The molecule has 9 nitrogen and oxygen atoms in total. The predicted molar refractivity (Wildman–Crippen MR) is 65.9 cm³/mol. The van der Waals surface area contributed by atoms with E-state index < -0.39 is 16.9 Å². The second kappa shape index (κ2) is 5.68. The van der Waals surface area contributed by atoms with Crippen molar-refractivity contribution in [2.45, 2.75) is 31.8 Å². The molecule has 1 aromatic heterocycles. The smallest absolute Gasteiger partial charge is 0.381 e. The van der Waals surface area contributed by atoms with Gasteiger partial charge in [0.25, 0.3) is 0 Å². The van der Waals surface area contributed by atoms with E-state index in [0.29, 0.717) is 19.4 Å². The minimum Gasteiger partial charge on any atom is -0.480 e. The number of hydrogen-bond acceptors (Lipinski definition) is 5. The summed E-state index contributed by atoms with van der Waals surface area (Å²) in [5, 5.41) is 19.5. The molecule has 0 radical (unpaired) electrons. The van der Waals surface area contributed by atoms with E-state index in [1.165, 1.54) is 22.0 Å². The van der Waals surface area contributed by atoms with Gasteiger partial charge >= 0.3 is 11.8 Å². The van der Waals surface area contributed by atoms with E-state index in [2.05, 4.69) is 4.98 Å². The highest BCUT2D eigenvalue weighted by molar-refractivity contribution is 5.84. The lowest BCUT2D eigenvalue weighted by Gasteiger charge is -2.21. The number of amides is 1. The molecule has 0 aliphatic carbocycles. The lowest BCUT2D eigenvalue weighted by atomic mass is 10.2. The van der Waals surface area contributed by atoms with E-state index in [1.54, 1.807) is 0 Å². The summed E-state index contributed by atoms with van der Waals surface area (Å²) in [6.07, 6.45) is 3.77. The van der Waals surface area contributed by atoms with Crippen LogP contribution in [-0.4, -0.2) is 48.9 Å². The normalized spacial score (nSPS) is 18.2. The van der Waals surface area contributed by atoms with Gasteiger partial charge in [0.1, 0.15) is 12.2 Å². The van der Waals surface area contributed by atoms with Crippen molar-refractivity contribution in [3.8, 4) is 0 Å². The Bertz CT molecular complexity index is 541. The standard InChI is InChI=1S/C11H14N4O5/c16-10(14-4-1-2-8(14)11(17)18)3-5-13-6-9(12-7-13)15(19)20/h6-8H,1-5H2,(H,17,18)/t8-/m0/s1. The maximum Gasteiger partial charge on any atom is 0.381 e. The molecule has 0 aromatic carbocycles. The molecule has 0 bridgehead atoms. The second-order valence-electron chi connectivity index (χ2n) is 4.56. The van der Waals surface area contributed by atoms with Crippen LogP contribution in [-0.2, 0) is 16.1 Å². The van der Waals surface area contributed by atoms with Crippen LogP contribution in [0.1, 0.15) is 19.3 Å². The van der Waals surface area contributed by atoms with Crippen molar-refractivity contribution in [3.63, 3.8) is 0 Å². The van der Waals surface area contributed by atoms with Crippen LogP contribution >= 0.6 is 0 Å². The Labute approximate surface area is 114 Å². The fourth-order valence-electron chi connectivity index (χ4n) is 2.26. The van der Waals surface area contributed by atoms with Gasteiger partial charge in [-0.1, -0.05) is 0 Å². The fourth-order valence-corrected chi connectivity index (χ4v) is 2.26. The Morgan fingerprint density at radius 2 is 2.30 bits per heavy atom. The topological polar surface area (TPSA) is 119 Å². The van der Waals surface area contributed by atoms with Gasteiger partial charge in [-0.2, -0.15) is 0 Å². The van der Waals surface area contributed by atoms with E-state index in [1.807, 2.05) is 0 Å². The van der Waals surface area contributed by atoms with Crippen molar-refractivity contribution in [2.75, 3.05) is 6.54 Å². The Hall–Kier alpha value is -2.45. The molecule has 1 atom stereocenters. The molecule has 1 amide bonds. The van der Waals surface area contributed by atoms with Crippen LogP contribution in [0.5, 0.6) is 0 Å².